The second-order valence-corrected chi connectivity index (χ2v) is 12.0. The zero-order valence-corrected chi connectivity index (χ0v) is 19.5. The monoisotopic (exact) mass is 420 g/mol. The maximum absolute atomic E-state index is 11.7. The van der Waals surface area contributed by atoms with Gasteiger partial charge in [-0.05, 0) is 104 Å². The minimum absolute atomic E-state index is 0.194. The SMILES string of the molecule is CC[C@H]1[C@@H](O)C2C3CCC([C@H](C)CCC(=O)O)[C@@]3(C)CCC2[C@@]2(C)CC[C@@H](O)C[C@@H]12. The van der Waals surface area contributed by atoms with Gasteiger partial charge in [-0.25, -0.2) is 0 Å². The Hall–Kier alpha value is -0.610. The fraction of sp³-hybridized carbons (Fsp3) is 0.962. The molecule has 0 bridgehead atoms. The molecule has 4 saturated carbocycles. The summed E-state index contributed by atoms with van der Waals surface area (Å²) in [5.41, 5.74) is 0.480. The minimum atomic E-state index is -0.683. The molecule has 0 aliphatic heterocycles. The average molecular weight is 421 g/mol. The largest absolute Gasteiger partial charge is 0.481 e. The van der Waals surface area contributed by atoms with Crippen molar-refractivity contribution >= 4 is 5.97 Å². The van der Waals surface area contributed by atoms with Crippen LogP contribution in [0.15, 0.2) is 0 Å². The van der Waals surface area contributed by atoms with Gasteiger partial charge in [0.25, 0.3) is 0 Å². The van der Waals surface area contributed by atoms with Gasteiger partial charge in [-0.15, -0.1) is 0 Å². The van der Waals surface area contributed by atoms with Crippen molar-refractivity contribution in [3.8, 4) is 0 Å². The number of aliphatic hydroxyl groups is 2. The van der Waals surface area contributed by atoms with Crippen molar-refractivity contribution in [2.75, 3.05) is 0 Å². The lowest BCUT2D eigenvalue weighted by Gasteiger charge is -2.64. The summed E-state index contributed by atoms with van der Waals surface area (Å²) in [5, 5.41) is 31.3. The molecule has 11 atom stereocenters. The van der Waals surface area contributed by atoms with Crippen LogP contribution >= 0.6 is 0 Å². The van der Waals surface area contributed by atoms with E-state index >= 15 is 0 Å². The van der Waals surface area contributed by atoms with Gasteiger partial charge in [0.05, 0.1) is 12.2 Å². The van der Waals surface area contributed by atoms with Crippen molar-refractivity contribution in [2.45, 2.75) is 104 Å². The molecule has 0 radical (unpaired) electrons. The van der Waals surface area contributed by atoms with Crippen LogP contribution in [0, 0.1) is 52.3 Å². The van der Waals surface area contributed by atoms with Gasteiger partial charge < -0.3 is 15.3 Å². The van der Waals surface area contributed by atoms with Crippen molar-refractivity contribution in [3.05, 3.63) is 0 Å². The third-order valence-corrected chi connectivity index (χ3v) is 11.0. The van der Waals surface area contributed by atoms with Gasteiger partial charge in [-0.2, -0.15) is 0 Å². The lowest BCUT2D eigenvalue weighted by Crippen LogP contribution is -2.62. The van der Waals surface area contributed by atoms with Crippen LogP contribution in [0.25, 0.3) is 0 Å². The summed E-state index contributed by atoms with van der Waals surface area (Å²) in [6.45, 7) is 9.44. The average Bonchev–Trinajstić information content (AvgIpc) is 3.05. The first-order valence-corrected chi connectivity index (χ1v) is 12.7. The number of carboxylic acid groups (broad SMARTS) is 1. The van der Waals surface area contributed by atoms with Gasteiger partial charge in [0.15, 0.2) is 0 Å². The Morgan fingerprint density at radius 1 is 1.00 bits per heavy atom. The standard InChI is InChI=1S/C26H44O4/c1-5-17-21-14-16(27)10-12-26(21,4)20-11-13-25(3)18(15(2)6-9-22(28)29)7-8-19(25)23(20)24(17)30/h15-21,23-24,27,30H,5-14H2,1-4H3,(H,28,29)/t15-,16-,17-,18?,19?,20?,21+,23?,24-,25-,26-/m1/s1. The maximum Gasteiger partial charge on any atom is 0.303 e. The van der Waals surface area contributed by atoms with E-state index in [0.717, 1.165) is 32.1 Å². The minimum Gasteiger partial charge on any atom is -0.481 e. The summed E-state index contributed by atoms with van der Waals surface area (Å²) in [7, 11) is 0. The van der Waals surface area contributed by atoms with Crippen LogP contribution in [-0.2, 0) is 4.79 Å². The summed E-state index contributed by atoms with van der Waals surface area (Å²) in [6, 6.07) is 0. The lowest BCUT2D eigenvalue weighted by molar-refractivity contribution is -0.203. The fourth-order valence-corrected chi connectivity index (χ4v) is 9.48. The van der Waals surface area contributed by atoms with E-state index in [1.165, 1.54) is 25.7 Å². The van der Waals surface area contributed by atoms with Crippen molar-refractivity contribution in [2.24, 2.45) is 52.3 Å². The summed E-state index contributed by atoms with van der Waals surface area (Å²) in [5.74, 6) is 2.58. The van der Waals surface area contributed by atoms with E-state index in [1.807, 2.05) is 0 Å². The second-order valence-electron chi connectivity index (χ2n) is 12.0. The third-order valence-electron chi connectivity index (χ3n) is 11.0. The first kappa shape index (κ1) is 22.6. The summed E-state index contributed by atoms with van der Waals surface area (Å²) in [6.07, 6.45) is 9.27. The second kappa shape index (κ2) is 8.06. The molecule has 4 rings (SSSR count). The van der Waals surface area contributed by atoms with Crippen LogP contribution in [-0.4, -0.2) is 33.5 Å². The molecule has 0 aromatic rings. The highest BCUT2D eigenvalue weighted by molar-refractivity contribution is 5.66. The normalized spacial score (nSPS) is 51.5. The molecule has 3 N–H and O–H groups in total. The van der Waals surface area contributed by atoms with Gasteiger partial charge in [0.2, 0.25) is 0 Å². The molecule has 0 amide bonds. The number of fused-ring (bicyclic) bond motifs is 5. The first-order chi connectivity index (χ1) is 14.1. The number of carbonyl (C=O) groups is 1. The lowest BCUT2D eigenvalue weighted by atomic mass is 9.41. The molecule has 0 aromatic carbocycles. The molecule has 0 saturated heterocycles. The highest BCUT2D eigenvalue weighted by atomic mass is 16.4. The molecule has 4 heteroatoms. The number of aliphatic hydroxyl groups excluding tert-OH is 2. The molecule has 4 aliphatic carbocycles. The Morgan fingerprint density at radius 2 is 1.67 bits per heavy atom. The smallest absolute Gasteiger partial charge is 0.303 e. The molecule has 172 valence electrons. The third kappa shape index (κ3) is 3.36. The molecular formula is C26H44O4. The molecule has 4 aliphatic rings. The van der Waals surface area contributed by atoms with Gasteiger partial charge in [-0.3, -0.25) is 4.79 Å². The Balaban J connectivity index is 1.61. The van der Waals surface area contributed by atoms with Crippen LogP contribution in [0.1, 0.15) is 91.9 Å². The van der Waals surface area contributed by atoms with E-state index in [4.69, 9.17) is 5.11 Å². The Bertz CT molecular complexity index is 649. The fourth-order valence-electron chi connectivity index (χ4n) is 9.48. The predicted molar refractivity (Wildman–Crippen MR) is 118 cm³/mol. The van der Waals surface area contributed by atoms with Gasteiger partial charge in [0.1, 0.15) is 0 Å². The predicted octanol–water partition coefficient (Wildman–Crippen LogP) is 5.11. The van der Waals surface area contributed by atoms with Crippen LogP contribution in [0.5, 0.6) is 0 Å². The Labute approximate surface area is 182 Å². The molecule has 30 heavy (non-hydrogen) atoms. The molecule has 0 aromatic heterocycles. The van der Waals surface area contributed by atoms with Crippen molar-refractivity contribution < 1.29 is 20.1 Å². The maximum atomic E-state index is 11.7. The highest BCUT2D eigenvalue weighted by Crippen LogP contribution is 2.69. The van der Waals surface area contributed by atoms with Crippen LogP contribution in [0.3, 0.4) is 0 Å². The van der Waals surface area contributed by atoms with Crippen molar-refractivity contribution in [1.82, 2.24) is 0 Å². The van der Waals surface area contributed by atoms with Crippen molar-refractivity contribution in [3.63, 3.8) is 0 Å². The topological polar surface area (TPSA) is 77.8 Å². The van der Waals surface area contributed by atoms with Crippen molar-refractivity contribution in [1.29, 1.82) is 0 Å². The van der Waals surface area contributed by atoms with Gasteiger partial charge in [-0.1, -0.05) is 34.1 Å². The molecule has 0 spiro atoms. The molecular weight excluding hydrogens is 376 g/mol. The van der Waals surface area contributed by atoms with E-state index in [9.17, 15) is 15.0 Å². The van der Waals surface area contributed by atoms with Gasteiger partial charge in [0, 0.05) is 6.42 Å². The van der Waals surface area contributed by atoms with E-state index in [-0.39, 0.29) is 29.5 Å². The molecule has 0 heterocycles. The van der Waals surface area contributed by atoms with Crippen LogP contribution in [0.4, 0.5) is 0 Å². The summed E-state index contributed by atoms with van der Waals surface area (Å²) >= 11 is 0. The summed E-state index contributed by atoms with van der Waals surface area (Å²) in [4.78, 5) is 11.1. The Morgan fingerprint density at radius 3 is 2.33 bits per heavy atom. The zero-order valence-electron chi connectivity index (χ0n) is 19.5. The molecule has 4 unspecified atom stereocenters. The quantitative estimate of drug-likeness (QED) is 0.577. The van der Waals surface area contributed by atoms with Crippen LogP contribution in [0.2, 0.25) is 0 Å². The number of hydrogen-bond acceptors (Lipinski definition) is 3. The number of carboxylic acids is 1. The Kier molecular flexibility index (Phi) is 6.07. The van der Waals surface area contributed by atoms with Gasteiger partial charge >= 0.3 is 5.97 Å². The van der Waals surface area contributed by atoms with Crippen LogP contribution < -0.4 is 0 Å². The number of rotatable bonds is 5. The van der Waals surface area contributed by atoms with E-state index in [2.05, 4.69) is 27.7 Å². The number of hydrogen-bond donors (Lipinski definition) is 3. The molecule has 4 fully saturated rings. The van der Waals surface area contributed by atoms with E-state index in [0.29, 0.717) is 41.4 Å². The first-order valence-electron chi connectivity index (χ1n) is 12.7. The molecule has 4 nitrogen and oxygen atoms in total. The zero-order chi connectivity index (χ0) is 21.8. The summed E-state index contributed by atoms with van der Waals surface area (Å²) < 4.78 is 0. The van der Waals surface area contributed by atoms with E-state index in [1.54, 1.807) is 0 Å². The highest BCUT2D eigenvalue weighted by Gasteiger charge is 2.64. The van der Waals surface area contributed by atoms with E-state index < -0.39 is 5.97 Å². The number of aliphatic carboxylic acids is 1.